The minimum atomic E-state index is -0.956. The standard InChI is InChI=1S/C29H28FNO5/c1-3-4-5-17-36-24-15-11-20(12-16-24)27(32)25-26(19-9-13-23(35-2)14-10-19)31(29(34)28(25)33)22-8-6-7-21(30)18-22/h6-16,18,26,32H,3-5,17H2,1-2H3/b27-25+. The molecular weight excluding hydrogens is 461 g/mol. The summed E-state index contributed by atoms with van der Waals surface area (Å²) in [7, 11) is 1.53. The molecule has 7 heteroatoms. The molecule has 1 fully saturated rings. The van der Waals surface area contributed by atoms with Crippen molar-refractivity contribution in [2.24, 2.45) is 0 Å². The first-order valence-corrected chi connectivity index (χ1v) is 11.9. The number of halogens is 1. The summed E-state index contributed by atoms with van der Waals surface area (Å²) >= 11 is 0. The van der Waals surface area contributed by atoms with Crippen molar-refractivity contribution >= 4 is 23.1 Å². The Kier molecular flexibility index (Phi) is 7.68. The predicted molar refractivity (Wildman–Crippen MR) is 136 cm³/mol. The van der Waals surface area contributed by atoms with Crippen LogP contribution in [0.2, 0.25) is 0 Å². The minimum Gasteiger partial charge on any atom is -0.507 e. The smallest absolute Gasteiger partial charge is 0.300 e. The van der Waals surface area contributed by atoms with Gasteiger partial charge in [0.1, 0.15) is 23.1 Å². The number of anilines is 1. The van der Waals surface area contributed by atoms with Gasteiger partial charge in [0.25, 0.3) is 11.7 Å². The largest absolute Gasteiger partial charge is 0.507 e. The van der Waals surface area contributed by atoms with Crippen molar-refractivity contribution in [2.45, 2.75) is 32.2 Å². The second-order valence-electron chi connectivity index (χ2n) is 8.50. The number of ether oxygens (including phenoxy) is 2. The average molecular weight is 490 g/mol. The number of aliphatic hydroxyl groups excluding tert-OH is 1. The van der Waals surface area contributed by atoms with Gasteiger partial charge >= 0.3 is 0 Å². The van der Waals surface area contributed by atoms with E-state index in [9.17, 15) is 19.1 Å². The fourth-order valence-corrected chi connectivity index (χ4v) is 4.23. The van der Waals surface area contributed by atoms with Crippen LogP contribution in [0.3, 0.4) is 0 Å². The van der Waals surface area contributed by atoms with Crippen molar-refractivity contribution in [3.05, 3.63) is 95.3 Å². The number of Topliss-reactive ketones (excluding diaryl/α,β-unsaturated/α-hetero) is 1. The number of aliphatic hydroxyl groups is 1. The number of carbonyl (C=O) groups is 2. The molecule has 1 aliphatic heterocycles. The zero-order valence-electron chi connectivity index (χ0n) is 20.2. The Labute approximate surface area is 209 Å². The maximum absolute atomic E-state index is 14.1. The highest BCUT2D eigenvalue weighted by molar-refractivity contribution is 6.51. The molecule has 1 N–H and O–H groups in total. The molecule has 0 radical (unpaired) electrons. The van der Waals surface area contributed by atoms with Gasteiger partial charge in [-0.2, -0.15) is 0 Å². The third-order valence-electron chi connectivity index (χ3n) is 6.11. The second kappa shape index (κ2) is 11.1. The molecule has 1 aliphatic rings. The van der Waals surface area contributed by atoms with Crippen molar-refractivity contribution in [3.63, 3.8) is 0 Å². The van der Waals surface area contributed by atoms with Crippen LogP contribution in [0.15, 0.2) is 78.4 Å². The topological polar surface area (TPSA) is 76.1 Å². The number of rotatable bonds is 9. The van der Waals surface area contributed by atoms with Crippen LogP contribution in [0.5, 0.6) is 11.5 Å². The van der Waals surface area contributed by atoms with Crippen LogP contribution in [0.4, 0.5) is 10.1 Å². The molecule has 1 amide bonds. The zero-order valence-corrected chi connectivity index (χ0v) is 20.2. The van der Waals surface area contributed by atoms with E-state index in [0.717, 1.165) is 19.3 Å². The molecule has 6 nitrogen and oxygen atoms in total. The summed E-state index contributed by atoms with van der Waals surface area (Å²) in [4.78, 5) is 27.6. The van der Waals surface area contributed by atoms with Gasteiger partial charge < -0.3 is 14.6 Å². The molecule has 4 rings (SSSR count). The summed E-state index contributed by atoms with van der Waals surface area (Å²) in [5, 5.41) is 11.2. The molecule has 1 heterocycles. The molecule has 0 aromatic heterocycles. The zero-order chi connectivity index (χ0) is 25.7. The summed E-state index contributed by atoms with van der Waals surface area (Å²) in [5.41, 5.74) is 1.07. The van der Waals surface area contributed by atoms with E-state index < -0.39 is 23.5 Å². The van der Waals surface area contributed by atoms with E-state index in [0.29, 0.717) is 29.2 Å². The van der Waals surface area contributed by atoms with E-state index in [-0.39, 0.29) is 17.0 Å². The molecule has 36 heavy (non-hydrogen) atoms. The van der Waals surface area contributed by atoms with Crippen LogP contribution < -0.4 is 14.4 Å². The van der Waals surface area contributed by atoms with Crippen LogP contribution in [-0.2, 0) is 9.59 Å². The van der Waals surface area contributed by atoms with E-state index in [2.05, 4.69) is 6.92 Å². The molecule has 1 saturated heterocycles. The van der Waals surface area contributed by atoms with Crippen molar-refractivity contribution < 1.29 is 28.6 Å². The highest BCUT2D eigenvalue weighted by atomic mass is 19.1. The van der Waals surface area contributed by atoms with Crippen LogP contribution in [-0.4, -0.2) is 30.5 Å². The Hall–Kier alpha value is -4.13. The lowest BCUT2D eigenvalue weighted by atomic mass is 9.95. The molecule has 186 valence electrons. The lowest BCUT2D eigenvalue weighted by Gasteiger charge is -2.25. The van der Waals surface area contributed by atoms with Gasteiger partial charge in [0, 0.05) is 11.3 Å². The predicted octanol–water partition coefficient (Wildman–Crippen LogP) is 6.03. The van der Waals surface area contributed by atoms with Crippen molar-refractivity contribution in [3.8, 4) is 11.5 Å². The molecule has 0 saturated carbocycles. The first-order valence-electron chi connectivity index (χ1n) is 11.9. The summed E-state index contributed by atoms with van der Waals surface area (Å²) in [5.74, 6) is -1.31. The van der Waals surface area contributed by atoms with Gasteiger partial charge in [-0.05, 0) is 66.6 Å². The second-order valence-corrected chi connectivity index (χ2v) is 8.50. The van der Waals surface area contributed by atoms with E-state index in [1.165, 1.54) is 30.2 Å². The van der Waals surface area contributed by atoms with Gasteiger partial charge in [0.15, 0.2) is 0 Å². The highest BCUT2D eigenvalue weighted by Crippen LogP contribution is 2.42. The molecular formula is C29H28FNO5. The van der Waals surface area contributed by atoms with Crippen LogP contribution in [0, 0.1) is 5.82 Å². The fraction of sp³-hybridized carbons (Fsp3) is 0.241. The first-order chi connectivity index (χ1) is 17.4. The Morgan fingerprint density at radius 3 is 2.31 bits per heavy atom. The lowest BCUT2D eigenvalue weighted by Crippen LogP contribution is -2.29. The summed E-state index contributed by atoms with van der Waals surface area (Å²) in [6.45, 7) is 2.71. The number of nitrogens with zero attached hydrogens (tertiary/aromatic N) is 1. The Morgan fingerprint density at radius 1 is 0.972 bits per heavy atom. The SMILES string of the molecule is CCCCCOc1ccc(/C(O)=C2\C(=O)C(=O)N(c3cccc(F)c3)C2c2ccc(OC)cc2)cc1. The van der Waals surface area contributed by atoms with Crippen LogP contribution in [0.25, 0.3) is 5.76 Å². The summed E-state index contributed by atoms with van der Waals surface area (Å²) in [6, 6.07) is 18.0. The molecule has 3 aromatic carbocycles. The van der Waals surface area contributed by atoms with Crippen molar-refractivity contribution in [2.75, 3.05) is 18.6 Å². The van der Waals surface area contributed by atoms with E-state index in [4.69, 9.17) is 9.47 Å². The van der Waals surface area contributed by atoms with Gasteiger partial charge in [0.2, 0.25) is 0 Å². The number of amides is 1. The van der Waals surface area contributed by atoms with E-state index in [1.807, 2.05) is 0 Å². The average Bonchev–Trinajstić information content (AvgIpc) is 3.16. The summed E-state index contributed by atoms with van der Waals surface area (Å²) in [6.07, 6.45) is 3.12. The lowest BCUT2D eigenvalue weighted by molar-refractivity contribution is -0.132. The quantitative estimate of drug-likeness (QED) is 0.172. The molecule has 3 aromatic rings. The molecule has 0 spiro atoms. The maximum atomic E-state index is 14.1. The first kappa shape index (κ1) is 25.0. The highest BCUT2D eigenvalue weighted by Gasteiger charge is 2.47. The van der Waals surface area contributed by atoms with Crippen molar-refractivity contribution in [1.29, 1.82) is 0 Å². The van der Waals surface area contributed by atoms with Gasteiger partial charge in [-0.25, -0.2) is 4.39 Å². The fourth-order valence-electron chi connectivity index (χ4n) is 4.23. The summed E-state index contributed by atoms with van der Waals surface area (Å²) < 4.78 is 25.0. The third-order valence-corrected chi connectivity index (χ3v) is 6.11. The maximum Gasteiger partial charge on any atom is 0.300 e. The molecule has 1 atom stereocenters. The van der Waals surface area contributed by atoms with Gasteiger partial charge in [-0.3, -0.25) is 14.5 Å². The van der Waals surface area contributed by atoms with Gasteiger partial charge in [0.05, 0.1) is 25.3 Å². The van der Waals surface area contributed by atoms with E-state index >= 15 is 0 Å². The Morgan fingerprint density at radius 2 is 1.67 bits per heavy atom. The van der Waals surface area contributed by atoms with Gasteiger partial charge in [-0.15, -0.1) is 0 Å². The number of carbonyl (C=O) groups excluding carboxylic acids is 2. The Balaban J connectivity index is 1.76. The number of hydrogen-bond acceptors (Lipinski definition) is 5. The van der Waals surface area contributed by atoms with Crippen molar-refractivity contribution in [1.82, 2.24) is 0 Å². The van der Waals surface area contributed by atoms with Crippen LogP contribution >= 0.6 is 0 Å². The third kappa shape index (κ3) is 5.10. The number of benzene rings is 3. The van der Waals surface area contributed by atoms with Crippen LogP contribution in [0.1, 0.15) is 43.4 Å². The van der Waals surface area contributed by atoms with Gasteiger partial charge in [-0.1, -0.05) is 38.0 Å². The number of methoxy groups -OCH3 is 1. The monoisotopic (exact) mass is 489 g/mol. The number of hydrogen-bond donors (Lipinski definition) is 1. The Bertz CT molecular complexity index is 1270. The van der Waals surface area contributed by atoms with E-state index in [1.54, 1.807) is 54.6 Å². The molecule has 0 aliphatic carbocycles. The number of ketones is 1. The molecule has 0 bridgehead atoms. The minimum absolute atomic E-state index is 0.0777. The number of unbranched alkanes of at least 4 members (excludes halogenated alkanes) is 2. The normalized spacial score (nSPS) is 16.9. The molecule has 1 unspecified atom stereocenters.